The Balaban J connectivity index is 3.08. The summed E-state index contributed by atoms with van der Waals surface area (Å²) in [4.78, 5) is 11.6. The van der Waals surface area contributed by atoms with Crippen LogP contribution >= 0.6 is 0 Å². The van der Waals surface area contributed by atoms with Crippen molar-refractivity contribution in [1.29, 1.82) is 0 Å². The maximum absolute atomic E-state index is 11.6. The first-order valence-corrected chi connectivity index (χ1v) is 11.6. The quantitative estimate of drug-likeness (QED) is 0.225. The summed E-state index contributed by atoms with van der Waals surface area (Å²) < 4.78 is 0. The Labute approximate surface area is 158 Å². The molecule has 0 aliphatic rings. The molecule has 0 spiro atoms. The van der Waals surface area contributed by atoms with Gasteiger partial charge in [0.1, 0.15) is 0 Å². The fraction of sp³-hybridized carbons (Fsp3) is 0.957. The van der Waals surface area contributed by atoms with E-state index in [0.717, 1.165) is 25.8 Å². The lowest BCUT2D eigenvalue weighted by atomic mass is 10.0. The van der Waals surface area contributed by atoms with Gasteiger partial charge in [-0.2, -0.15) is 0 Å². The molecule has 0 aliphatic heterocycles. The Morgan fingerprint density at radius 1 is 0.520 bits per heavy atom. The molecule has 150 valence electrons. The van der Waals surface area contributed by atoms with E-state index in [4.69, 9.17) is 0 Å². The van der Waals surface area contributed by atoms with Crippen molar-refractivity contribution in [2.75, 3.05) is 6.54 Å². The molecule has 0 unspecified atom stereocenters. The van der Waals surface area contributed by atoms with Crippen molar-refractivity contribution in [1.82, 2.24) is 5.32 Å². The largest absolute Gasteiger partial charge is 0.356 e. The van der Waals surface area contributed by atoms with Gasteiger partial charge < -0.3 is 5.32 Å². The second-order valence-electron chi connectivity index (χ2n) is 7.76. The lowest BCUT2D eigenvalue weighted by Gasteiger charge is -2.05. The van der Waals surface area contributed by atoms with E-state index >= 15 is 0 Å². The zero-order chi connectivity index (χ0) is 18.4. The number of carbonyl (C=O) groups is 1. The van der Waals surface area contributed by atoms with Crippen molar-refractivity contribution in [3.05, 3.63) is 0 Å². The number of hydrogen-bond acceptors (Lipinski definition) is 1. The highest BCUT2D eigenvalue weighted by Gasteiger charge is 2.00. The molecule has 0 aliphatic carbocycles. The summed E-state index contributed by atoms with van der Waals surface area (Å²) in [6.45, 7) is 5.37. The minimum atomic E-state index is 0.255. The van der Waals surface area contributed by atoms with Gasteiger partial charge in [0.2, 0.25) is 5.91 Å². The van der Waals surface area contributed by atoms with Gasteiger partial charge in [-0.05, 0) is 12.8 Å². The van der Waals surface area contributed by atoms with E-state index in [1.165, 1.54) is 103 Å². The monoisotopic (exact) mass is 353 g/mol. The third kappa shape index (κ3) is 21.4. The molecule has 0 aromatic carbocycles. The first-order valence-electron chi connectivity index (χ1n) is 11.6. The Morgan fingerprint density at radius 2 is 0.880 bits per heavy atom. The van der Waals surface area contributed by atoms with Crippen LogP contribution in [0.15, 0.2) is 0 Å². The first-order chi connectivity index (χ1) is 12.3. The lowest BCUT2D eigenvalue weighted by molar-refractivity contribution is -0.121. The third-order valence-corrected chi connectivity index (χ3v) is 5.11. The summed E-state index contributed by atoms with van der Waals surface area (Å²) >= 11 is 0. The maximum Gasteiger partial charge on any atom is 0.219 e. The van der Waals surface area contributed by atoms with Gasteiger partial charge in [-0.1, -0.05) is 117 Å². The van der Waals surface area contributed by atoms with Crippen LogP contribution < -0.4 is 5.32 Å². The molecule has 1 amide bonds. The number of carbonyl (C=O) groups excluding carboxylic acids is 1. The molecular formula is C23H47NO. The van der Waals surface area contributed by atoms with Crippen LogP contribution in [0.4, 0.5) is 0 Å². The van der Waals surface area contributed by atoms with Crippen molar-refractivity contribution in [3.63, 3.8) is 0 Å². The van der Waals surface area contributed by atoms with Crippen LogP contribution in [0, 0.1) is 0 Å². The summed E-state index contributed by atoms with van der Waals surface area (Å²) in [5.41, 5.74) is 0. The highest BCUT2D eigenvalue weighted by atomic mass is 16.1. The van der Waals surface area contributed by atoms with Crippen LogP contribution in [0.1, 0.15) is 136 Å². The molecule has 0 heterocycles. The van der Waals surface area contributed by atoms with Gasteiger partial charge in [0.25, 0.3) is 0 Å². The SMILES string of the molecule is CCCCCCCCCCCCCCCCNC(=O)CCCCCC. The normalized spacial score (nSPS) is 11.0. The van der Waals surface area contributed by atoms with E-state index in [9.17, 15) is 4.79 Å². The fourth-order valence-electron chi connectivity index (χ4n) is 3.35. The topological polar surface area (TPSA) is 29.1 Å². The van der Waals surface area contributed by atoms with Gasteiger partial charge in [0, 0.05) is 13.0 Å². The Hall–Kier alpha value is -0.530. The van der Waals surface area contributed by atoms with Gasteiger partial charge in [0.05, 0.1) is 0 Å². The number of nitrogens with one attached hydrogen (secondary N) is 1. The van der Waals surface area contributed by atoms with Gasteiger partial charge in [-0.25, -0.2) is 0 Å². The van der Waals surface area contributed by atoms with Crippen molar-refractivity contribution < 1.29 is 4.79 Å². The van der Waals surface area contributed by atoms with Gasteiger partial charge >= 0.3 is 0 Å². The zero-order valence-electron chi connectivity index (χ0n) is 17.6. The molecule has 0 aromatic rings. The summed E-state index contributed by atoms with van der Waals surface area (Å²) in [5, 5.41) is 3.06. The molecule has 2 heteroatoms. The zero-order valence-corrected chi connectivity index (χ0v) is 17.6. The Kier molecular flexibility index (Phi) is 21.1. The molecule has 0 rings (SSSR count). The molecule has 25 heavy (non-hydrogen) atoms. The highest BCUT2D eigenvalue weighted by molar-refractivity contribution is 5.75. The average Bonchev–Trinajstić information content (AvgIpc) is 2.62. The standard InChI is InChI=1S/C23H47NO/c1-3-5-7-9-10-11-12-13-14-15-16-17-18-20-22-24-23(25)21-19-8-6-4-2/h3-22H2,1-2H3,(H,24,25). The molecule has 0 aromatic heterocycles. The van der Waals surface area contributed by atoms with E-state index < -0.39 is 0 Å². The molecule has 2 nitrogen and oxygen atoms in total. The Bertz CT molecular complexity index is 265. The molecule has 0 radical (unpaired) electrons. The van der Waals surface area contributed by atoms with Crippen LogP contribution in [-0.2, 0) is 4.79 Å². The van der Waals surface area contributed by atoms with E-state index in [2.05, 4.69) is 19.2 Å². The lowest BCUT2D eigenvalue weighted by Crippen LogP contribution is -2.23. The second-order valence-corrected chi connectivity index (χ2v) is 7.76. The summed E-state index contributed by atoms with van der Waals surface area (Å²) in [7, 11) is 0. The second kappa shape index (κ2) is 21.5. The maximum atomic E-state index is 11.6. The van der Waals surface area contributed by atoms with Crippen molar-refractivity contribution in [2.45, 2.75) is 136 Å². The van der Waals surface area contributed by atoms with Crippen molar-refractivity contribution in [2.24, 2.45) is 0 Å². The average molecular weight is 354 g/mol. The molecular weight excluding hydrogens is 306 g/mol. The smallest absolute Gasteiger partial charge is 0.219 e. The Morgan fingerprint density at radius 3 is 1.32 bits per heavy atom. The van der Waals surface area contributed by atoms with Gasteiger partial charge in [0.15, 0.2) is 0 Å². The van der Waals surface area contributed by atoms with E-state index in [1.54, 1.807) is 0 Å². The van der Waals surface area contributed by atoms with Crippen LogP contribution in [0.5, 0.6) is 0 Å². The minimum Gasteiger partial charge on any atom is -0.356 e. The van der Waals surface area contributed by atoms with Gasteiger partial charge in [-0.3, -0.25) is 4.79 Å². The number of amides is 1. The van der Waals surface area contributed by atoms with E-state index in [0.29, 0.717) is 0 Å². The number of hydrogen-bond donors (Lipinski definition) is 1. The molecule has 1 N–H and O–H groups in total. The molecule has 0 saturated carbocycles. The van der Waals surface area contributed by atoms with Crippen LogP contribution in [0.2, 0.25) is 0 Å². The van der Waals surface area contributed by atoms with Gasteiger partial charge in [-0.15, -0.1) is 0 Å². The molecule has 0 atom stereocenters. The summed E-state index contributed by atoms with van der Waals surface area (Å²) in [6.07, 6.45) is 24.9. The predicted octanol–water partition coefficient (Wildman–Crippen LogP) is 7.55. The van der Waals surface area contributed by atoms with Crippen LogP contribution in [-0.4, -0.2) is 12.5 Å². The molecule has 0 bridgehead atoms. The van der Waals surface area contributed by atoms with Crippen molar-refractivity contribution >= 4 is 5.91 Å². The number of rotatable bonds is 20. The molecule has 0 saturated heterocycles. The van der Waals surface area contributed by atoms with Crippen LogP contribution in [0.3, 0.4) is 0 Å². The minimum absolute atomic E-state index is 0.255. The predicted molar refractivity (Wildman–Crippen MR) is 112 cm³/mol. The number of unbranched alkanes of at least 4 members (excludes halogenated alkanes) is 16. The third-order valence-electron chi connectivity index (χ3n) is 5.11. The summed E-state index contributed by atoms with van der Waals surface area (Å²) in [5.74, 6) is 0.255. The molecule has 0 fully saturated rings. The van der Waals surface area contributed by atoms with E-state index in [-0.39, 0.29) is 5.91 Å². The van der Waals surface area contributed by atoms with Crippen LogP contribution in [0.25, 0.3) is 0 Å². The van der Waals surface area contributed by atoms with E-state index in [1.807, 2.05) is 0 Å². The fourth-order valence-corrected chi connectivity index (χ4v) is 3.35. The highest BCUT2D eigenvalue weighted by Crippen LogP contribution is 2.12. The van der Waals surface area contributed by atoms with Crippen molar-refractivity contribution in [3.8, 4) is 0 Å². The summed E-state index contributed by atoms with van der Waals surface area (Å²) in [6, 6.07) is 0. The first kappa shape index (κ1) is 24.5.